The maximum atomic E-state index is 12.3. The van der Waals surface area contributed by atoms with Crippen LogP contribution in [0.4, 0.5) is 4.79 Å². The molecule has 1 heterocycles. The molecule has 0 bridgehead atoms. The van der Waals surface area contributed by atoms with Crippen LogP contribution >= 0.6 is 0 Å². The maximum Gasteiger partial charge on any atom is 0.410 e. The lowest BCUT2D eigenvalue weighted by Crippen LogP contribution is -2.46. The van der Waals surface area contributed by atoms with E-state index >= 15 is 0 Å². The first-order chi connectivity index (χ1) is 10.7. The molecular weight excluding hydrogens is 292 g/mol. The fraction of sp³-hybridized carbons (Fsp3) is 0.889. The van der Waals surface area contributed by atoms with Gasteiger partial charge in [-0.25, -0.2) is 4.79 Å². The van der Waals surface area contributed by atoms with Crippen molar-refractivity contribution in [3.05, 3.63) is 0 Å². The van der Waals surface area contributed by atoms with Gasteiger partial charge >= 0.3 is 6.09 Å². The minimum absolute atomic E-state index is 0.0160. The summed E-state index contributed by atoms with van der Waals surface area (Å²) < 4.78 is 5.38. The summed E-state index contributed by atoms with van der Waals surface area (Å²) >= 11 is 0. The Morgan fingerprint density at radius 1 is 1.22 bits per heavy atom. The highest BCUT2D eigenvalue weighted by Gasteiger charge is 2.30. The molecular formula is C18H34N2O3. The van der Waals surface area contributed by atoms with Crippen LogP contribution in [0.2, 0.25) is 0 Å². The second-order valence-corrected chi connectivity index (χ2v) is 7.65. The number of hydrogen-bond acceptors (Lipinski definition) is 3. The number of carbonyl (C=O) groups is 2. The van der Waals surface area contributed by atoms with Crippen molar-refractivity contribution in [2.24, 2.45) is 5.92 Å². The minimum atomic E-state index is -0.473. The van der Waals surface area contributed by atoms with E-state index in [-0.39, 0.29) is 24.0 Å². The number of likely N-dealkylation sites (tertiary alicyclic amines) is 1. The van der Waals surface area contributed by atoms with Crippen LogP contribution in [0, 0.1) is 5.92 Å². The number of nitrogens with one attached hydrogen (secondary N) is 1. The van der Waals surface area contributed by atoms with Gasteiger partial charge in [-0.05, 0) is 47.0 Å². The molecule has 0 saturated carbocycles. The van der Waals surface area contributed by atoms with Gasteiger partial charge in [0.15, 0.2) is 0 Å². The van der Waals surface area contributed by atoms with E-state index in [9.17, 15) is 9.59 Å². The van der Waals surface area contributed by atoms with E-state index in [1.54, 1.807) is 4.90 Å². The van der Waals surface area contributed by atoms with E-state index in [2.05, 4.69) is 19.2 Å². The van der Waals surface area contributed by atoms with Crippen molar-refractivity contribution in [1.29, 1.82) is 0 Å². The monoisotopic (exact) mass is 326 g/mol. The first-order valence-corrected chi connectivity index (χ1v) is 9.01. The Morgan fingerprint density at radius 2 is 1.83 bits per heavy atom. The summed E-state index contributed by atoms with van der Waals surface area (Å²) in [6.07, 6.45) is 5.77. The molecule has 1 rings (SSSR count). The first kappa shape index (κ1) is 19.8. The lowest BCUT2D eigenvalue weighted by Gasteiger charge is -2.33. The Hall–Kier alpha value is -1.26. The lowest BCUT2D eigenvalue weighted by molar-refractivity contribution is -0.127. The van der Waals surface area contributed by atoms with Crippen LogP contribution in [0.3, 0.4) is 0 Å². The molecule has 5 heteroatoms. The summed E-state index contributed by atoms with van der Waals surface area (Å²) in [6, 6.07) is 0.234. The van der Waals surface area contributed by atoms with Crippen molar-refractivity contribution in [2.75, 3.05) is 13.1 Å². The standard InChI is InChI=1S/C18H34N2O3/c1-6-7-8-9-14(2)19-16(21)15-10-12-20(13-11-15)17(22)23-18(3,4)5/h14-15H,6-13H2,1-5H3,(H,19,21). The van der Waals surface area contributed by atoms with Crippen molar-refractivity contribution in [3.8, 4) is 0 Å². The van der Waals surface area contributed by atoms with Crippen molar-refractivity contribution in [3.63, 3.8) is 0 Å². The highest BCUT2D eigenvalue weighted by Crippen LogP contribution is 2.20. The van der Waals surface area contributed by atoms with Gasteiger partial charge in [-0.15, -0.1) is 0 Å². The SMILES string of the molecule is CCCCCC(C)NC(=O)C1CCN(C(=O)OC(C)(C)C)CC1. The van der Waals surface area contributed by atoms with Crippen LogP contribution in [-0.4, -0.2) is 41.6 Å². The van der Waals surface area contributed by atoms with E-state index in [1.165, 1.54) is 12.8 Å². The number of amides is 2. The van der Waals surface area contributed by atoms with Gasteiger partial charge in [0.2, 0.25) is 5.91 Å². The van der Waals surface area contributed by atoms with Gasteiger partial charge in [-0.2, -0.15) is 0 Å². The predicted molar refractivity (Wildman–Crippen MR) is 92.3 cm³/mol. The van der Waals surface area contributed by atoms with Gasteiger partial charge in [-0.1, -0.05) is 26.2 Å². The first-order valence-electron chi connectivity index (χ1n) is 9.01. The molecule has 0 radical (unpaired) electrons. The zero-order valence-electron chi connectivity index (χ0n) is 15.5. The molecule has 1 saturated heterocycles. The largest absolute Gasteiger partial charge is 0.444 e. The van der Waals surface area contributed by atoms with Crippen molar-refractivity contribution >= 4 is 12.0 Å². The molecule has 1 unspecified atom stereocenters. The summed E-state index contributed by atoms with van der Waals surface area (Å²) in [6.45, 7) is 11.0. The molecule has 0 aromatic heterocycles. The third-order valence-corrected chi connectivity index (χ3v) is 4.15. The Balaban J connectivity index is 2.32. The van der Waals surface area contributed by atoms with E-state index in [4.69, 9.17) is 4.74 Å². The number of rotatable bonds is 6. The number of piperidine rings is 1. The number of nitrogens with zero attached hydrogens (tertiary/aromatic N) is 1. The van der Waals surface area contributed by atoms with Gasteiger partial charge in [-0.3, -0.25) is 4.79 Å². The average Bonchev–Trinajstić information content (AvgIpc) is 2.46. The number of carbonyl (C=O) groups excluding carboxylic acids is 2. The molecule has 1 aliphatic heterocycles. The molecule has 0 spiro atoms. The normalized spacial score (nSPS) is 17.7. The van der Waals surface area contributed by atoms with E-state index in [0.29, 0.717) is 25.9 Å². The smallest absolute Gasteiger partial charge is 0.410 e. The second kappa shape index (κ2) is 9.14. The van der Waals surface area contributed by atoms with Crippen LogP contribution in [0.1, 0.15) is 73.1 Å². The summed E-state index contributed by atoms with van der Waals surface area (Å²) in [5.41, 5.74) is -0.473. The molecule has 0 aromatic rings. The van der Waals surface area contributed by atoms with Crippen LogP contribution in [0.5, 0.6) is 0 Å². The van der Waals surface area contributed by atoms with Gasteiger partial charge in [0, 0.05) is 25.0 Å². The Bertz CT molecular complexity index is 382. The van der Waals surface area contributed by atoms with Crippen LogP contribution in [-0.2, 0) is 9.53 Å². The molecule has 1 atom stereocenters. The maximum absolute atomic E-state index is 12.3. The lowest BCUT2D eigenvalue weighted by atomic mass is 9.95. The third kappa shape index (κ3) is 7.71. The van der Waals surface area contributed by atoms with E-state index < -0.39 is 5.60 Å². The fourth-order valence-corrected chi connectivity index (χ4v) is 2.78. The zero-order valence-corrected chi connectivity index (χ0v) is 15.5. The second-order valence-electron chi connectivity index (χ2n) is 7.65. The molecule has 1 fully saturated rings. The van der Waals surface area contributed by atoms with Gasteiger partial charge < -0.3 is 15.0 Å². The van der Waals surface area contributed by atoms with Crippen molar-refractivity contribution < 1.29 is 14.3 Å². The third-order valence-electron chi connectivity index (χ3n) is 4.15. The van der Waals surface area contributed by atoms with Crippen LogP contribution in [0.25, 0.3) is 0 Å². The van der Waals surface area contributed by atoms with E-state index in [0.717, 1.165) is 12.8 Å². The molecule has 1 N–H and O–H groups in total. The highest BCUT2D eigenvalue weighted by atomic mass is 16.6. The molecule has 2 amide bonds. The minimum Gasteiger partial charge on any atom is -0.444 e. The Kier molecular flexibility index (Phi) is 7.86. The van der Waals surface area contributed by atoms with Crippen molar-refractivity contribution in [2.45, 2.75) is 84.8 Å². The summed E-state index contributed by atoms with van der Waals surface area (Å²) in [7, 11) is 0. The molecule has 0 aromatic carbocycles. The van der Waals surface area contributed by atoms with Gasteiger partial charge in [0.05, 0.1) is 0 Å². The van der Waals surface area contributed by atoms with Gasteiger partial charge in [0.25, 0.3) is 0 Å². The molecule has 134 valence electrons. The predicted octanol–water partition coefficient (Wildman–Crippen LogP) is 3.72. The fourth-order valence-electron chi connectivity index (χ4n) is 2.78. The number of hydrogen-bond donors (Lipinski definition) is 1. The zero-order chi connectivity index (χ0) is 17.5. The van der Waals surface area contributed by atoms with Crippen LogP contribution < -0.4 is 5.32 Å². The molecule has 1 aliphatic rings. The van der Waals surface area contributed by atoms with E-state index in [1.807, 2.05) is 20.8 Å². The highest BCUT2D eigenvalue weighted by molar-refractivity contribution is 5.79. The molecule has 5 nitrogen and oxygen atoms in total. The van der Waals surface area contributed by atoms with Gasteiger partial charge in [0.1, 0.15) is 5.60 Å². The van der Waals surface area contributed by atoms with Crippen LogP contribution in [0.15, 0.2) is 0 Å². The Labute approximate surface area is 141 Å². The topological polar surface area (TPSA) is 58.6 Å². The summed E-state index contributed by atoms with van der Waals surface area (Å²) in [5, 5.41) is 3.12. The Morgan fingerprint density at radius 3 is 2.35 bits per heavy atom. The molecule has 0 aliphatic carbocycles. The van der Waals surface area contributed by atoms with Crippen molar-refractivity contribution in [1.82, 2.24) is 10.2 Å². The summed E-state index contributed by atoms with van der Waals surface area (Å²) in [4.78, 5) is 26.0. The summed E-state index contributed by atoms with van der Waals surface area (Å²) in [5.74, 6) is 0.153. The number of ether oxygens (including phenoxy) is 1. The number of unbranched alkanes of at least 4 members (excludes halogenated alkanes) is 2. The average molecular weight is 326 g/mol. The quantitative estimate of drug-likeness (QED) is 0.757. The molecule has 23 heavy (non-hydrogen) atoms.